The van der Waals surface area contributed by atoms with Gasteiger partial charge in [-0.2, -0.15) is 8.78 Å². The second-order valence-electron chi connectivity index (χ2n) is 4.51. The zero-order chi connectivity index (χ0) is 13.8. The maximum atomic E-state index is 12.2. The van der Waals surface area contributed by atoms with Crippen molar-refractivity contribution in [3.05, 3.63) is 29.8 Å². The number of carbonyl (C=O) groups excluding carboxylic acids is 1. The maximum absolute atomic E-state index is 12.2. The summed E-state index contributed by atoms with van der Waals surface area (Å²) in [5.74, 6) is -0.155. The molecule has 1 amide bonds. The summed E-state index contributed by atoms with van der Waals surface area (Å²) in [4.78, 5) is 13.9. The van der Waals surface area contributed by atoms with E-state index in [2.05, 4.69) is 10.1 Å². The summed E-state index contributed by atoms with van der Waals surface area (Å²) in [6.45, 7) is 1.07. The fourth-order valence-electron chi connectivity index (χ4n) is 2.10. The molecule has 0 bridgehead atoms. The number of halogens is 3. The van der Waals surface area contributed by atoms with E-state index in [0.717, 1.165) is 6.54 Å². The number of benzene rings is 1. The summed E-state index contributed by atoms with van der Waals surface area (Å²) < 4.78 is 28.6. The molecule has 0 spiro atoms. The monoisotopic (exact) mass is 306 g/mol. The summed E-state index contributed by atoms with van der Waals surface area (Å²) in [5.41, 5.74) is 0.368. The van der Waals surface area contributed by atoms with Crippen molar-refractivity contribution in [1.29, 1.82) is 0 Å². The molecule has 1 aliphatic rings. The van der Waals surface area contributed by atoms with Crippen LogP contribution in [0.1, 0.15) is 17.3 Å². The number of hydrogen-bond acceptors (Lipinski definition) is 3. The van der Waals surface area contributed by atoms with Crippen LogP contribution in [-0.2, 0) is 0 Å². The van der Waals surface area contributed by atoms with Crippen molar-refractivity contribution in [2.45, 2.75) is 19.6 Å². The van der Waals surface area contributed by atoms with Gasteiger partial charge < -0.3 is 15.0 Å². The minimum absolute atomic E-state index is 0. The van der Waals surface area contributed by atoms with Crippen molar-refractivity contribution >= 4 is 18.3 Å². The molecule has 1 atom stereocenters. The lowest BCUT2D eigenvalue weighted by molar-refractivity contribution is -0.0499. The lowest BCUT2D eigenvalue weighted by Gasteiger charge is -2.32. The van der Waals surface area contributed by atoms with Crippen LogP contribution in [0.15, 0.2) is 24.3 Å². The Bertz CT molecular complexity index is 460. The second kappa shape index (κ2) is 7.40. The normalized spacial score (nSPS) is 18.6. The third-order valence-electron chi connectivity index (χ3n) is 2.96. The van der Waals surface area contributed by atoms with E-state index in [9.17, 15) is 13.6 Å². The van der Waals surface area contributed by atoms with Gasteiger partial charge in [-0.15, -0.1) is 12.4 Å². The molecule has 7 heteroatoms. The SMILES string of the molecule is CC1CN(C(=O)c2cccc(OC(F)F)c2)CCN1.Cl. The molecule has 0 aromatic heterocycles. The largest absolute Gasteiger partial charge is 0.435 e. The number of nitrogens with one attached hydrogen (secondary N) is 1. The van der Waals surface area contributed by atoms with Gasteiger partial charge in [-0.25, -0.2) is 0 Å². The first-order chi connectivity index (χ1) is 9.06. The Morgan fingerprint density at radius 2 is 2.25 bits per heavy atom. The Labute approximate surface area is 122 Å². The molecule has 1 aromatic carbocycles. The zero-order valence-corrected chi connectivity index (χ0v) is 11.8. The van der Waals surface area contributed by atoms with Crippen molar-refractivity contribution in [1.82, 2.24) is 10.2 Å². The molecule has 1 saturated heterocycles. The molecule has 0 aliphatic carbocycles. The van der Waals surface area contributed by atoms with Crippen LogP contribution in [0, 0.1) is 0 Å². The summed E-state index contributed by atoms with van der Waals surface area (Å²) in [6, 6.07) is 6.13. The van der Waals surface area contributed by atoms with Gasteiger partial charge in [0.15, 0.2) is 0 Å². The van der Waals surface area contributed by atoms with Gasteiger partial charge in [0.05, 0.1) is 0 Å². The van der Waals surface area contributed by atoms with Crippen molar-refractivity contribution in [2.75, 3.05) is 19.6 Å². The number of nitrogens with zero attached hydrogens (tertiary/aromatic N) is 1. The zero-order valence-electron chi connectivity index (χ0n) is 11.0. The second-order valence-corrected chi connectivity index (χ2v) is 4.51. The van der Waals surface area contributed by atoms with Crippen molar-refractivity contribution in [3.8, 4) is 5.75 Å². The molecule has 1 aliphatic heterocycles. The predicted octanol–water partition coefficient (Wildman–Crippen LogP) is 2.14. The van der Waals surface area contributed by atoms with E-state index in [4.69, 9.17) is 0 Å². The minimum atomic E-state index is -2.88. The van der Waals surface area contributed by atoms with E-state index in [0.29, 0.717) is 18.7 Å². The van der Waals surface area contributed by atoms with Gasteiger partial charge in [-0.3, -0.25) is 4.79 Å². The lowest BCUT2D eigenvalue weighted by Crippen LogP contribution is -2.51. The van der Waals surface area contributed by atoms with E-state index in [1.165, 1.54) is 18.2 Å². The first-order valence-corrected chi connectivity index (χ1v) is 6.14. The number of amides is 1. The number of ether oxygens (including phenoxy) is 1. The van der Waals surface area contributed by atoms with E-state index >= 15 is 0 Å². The Morgan fingerprint density at radius 1 is 1.50 bits per heavy atom. The van der Waals surface area contributed by atoms with Gasteiger partial charge >= 0.3 is 6.61 Å². The molecular formula is C13H17ClF2N2O2. The first-order valence-electron chi connectivity index (χ1n) is 6.14. The number of rotatable bonds is 3. The van der Waals surface area contributed by atoms with Gasteiger partial charge in [0.2, 0.25) is 0 Å². The van der Waals surface area contributed by atoms with Gasteiger partial charge in [0.1, 0.15) is 5.75 Å². The smallest absolute Gasteiger partial charge is 0.387 e. The van der Waals surface area contributed by atoms with Crippen LogP contribution < -0.4 is 10.1 Å². The Morgan fingerprint density at radius 3 is 2.90 bits per heavy atom. The minimum Gasteiger partial charge on any atom is -0.435 e. The Hall–Kier alpha value is -1.40. The number of carbonyl (C=O) groups is 1. The van der Waals surface area contributed by atoms with E-state index in [-0.39, 0.29) is 30.1 Å². The Balaban J connectivity index is 0.00000200. The fraction of sp³-hybridized carbons (Fsp3) is 0.462. The predicted molar refractivity (Wildman–Crippen MR) is 73.7 cm³/mol. The van der Waals surface area contributed by atoms with E-state index in [1.54, 1.807) is 11.0 Å². The molecule has 0 radical (unpaired) electrons. The summed E-state index contributed by atoms with van der Waals surface area (Å²) in [6.07, 6.45) is 0. The fourth-order valence-corrected chi connectivity index (χ4v) is 2.10. The highest BCUT2D eigenvalue weighted by Crippen LogP contribution is 2.17. The van der Waals surface area contributed by atoms with E-state index < -0.39 is 6.61 Å². The lowest BCUT2D eigenvalue weighted by atomic mass is 10.1. The van der Waals surface area contributed by atoms with E-state index in [1.807, 2.05) is 6.92 Å². The molecule has 1 aromatic rings. The van der Waals surface area contributed by atoms with Crippen LogP contribution in [0.5, 0.6) is 5.75 Å². The van der Waals surface area contributed by atoms with Crippen LogP contribution in [-0.4, -0.2) is 43.1 Å². The highest BCUT2D eigenvalue weighted by molar-refractivity contribution is 5.94. The van der Waals surface area contributed by atoms with Crippen LogP contribution in [0.2, 0.25) is 0 Å². The summed E-state index contributed by atoms with van der Waals surface area (Å²) >= 11 is 0. The molecule has 112 valence electrons. The molecule has 1 fully saturated rings. The molecule has 1 unspecified atom stereocenters. The summed E-state index contributed by atoms with van der Waals surface area (Å²) in [5, 5.41) is 3.24. The first kappa shape index (κ1) is 16.7. The topological polar surface area (TPSA) is 41.6 Å². The van der Waals surface area contributed by atoms with Crippen LogP contribution in [0.25, 0.3) is 0 Å². The highest BCUT2D eigenvalue weighted by Gasteiger charge is 2.22. The van der Waals surface area contributed by atoms with Crippen LogP contribution in [0.3, 0.4) is 0 Å². The molecule has 4 nitrogen and oxygen atoms in total. The highest BCUT2D eigenvalue weighted by atomic mass is 35.5. The number of alkyl halides is 2. The molecular weight excluding hydrogens is 290 g/mol. The van der Waals surface area contributed by atoms with Crippen LogP contribution in [0.4, 0.5) is 8.78 Å². The average Bonchev–Trinajstić information content (AvgIpc) is 2.37. The van der Waals surface area contributed by atoms with Crippen LogP contribution >= 0.6 is 12.4 Å². The molecule has 0 saturated carbocycles. The quantitative estimate of drug-likeness (QED) is 0.930. The van der Waals surface area contributed by atoms with Gasteiger partial charge in [0, 0.05) is 31.2 Å². The molecule has 1 heterocycles. The van der Waals surface area contributed by atoms with Gasteiger partial charge in [0.25, 0.3) is 5.91 Å². The third kappa shape index (κ3) is 4.31. The summed E-state index contributed by atoms with van der Waals surface area (Å²) in [7, 11) is 0. The number of hydrogen-bond donors (Lipinski definition) is 1. The Kier molecular flexibility index (Phi) is 6.16. The third-order valence-corrected chi connectivity index (χ3v) is 2.96. The van der Waals surface area contributed by atoms with Crippen molar-refractivity contribution in [2.24, 2.45) is 0 Å². The standard InChI is InChI=1S/C13H16F2N2O2.ClH/c1-9-8-17(6-5-16-9)12(18)10-3-2-4-11(7-10)19-13(14)15;/h2-4,7,9,13,16H,5-6,8H2,1H3;1H. The average molecular weight is 307 g/mol. The van der Waals surface area contributed by atoms with Gasteiger partial charge in [-0.1, -0.05) is 6.07 Å². The molecule has 2 rings (SSSR count). The maximum Gasteiger partial charge on any atom is 0.387 e. The van der Waals surface area contributed by atoms with Gasteiger partial charge in [-0.05, 0) is 25.1 Å². The number of piperazine rings is 1. The molecule has 20 heavy (non-hydrogen) atoms. The van der Waals surface area contributed by atoms with Crippen molar-refractivity contribution in [3.63, 3.8) is 0 Å². The molecule has 1 N–H and O–H groups in total. The van der Waals surface area contributed by atoms with Crippen molar-refractivity contribution < 1.29 is 18.3 Å².